The number of halogens is 1. The van der Waals surface area contributed by atoms with Gasteiger partial charge in [0.25, 0.3) is 0 Å². The predicted molar refractivity (Wildman–Crippen MR) is 102 cm³/mol. The molecule has 0 unspecified atom stereocenters. The monoisotopic (exact) mass is 376 g/mol. The van der Waals surface area contributed by atoms with Crippen LogP contribution in [0.4, 0.5) is 10.1 Å². The lowest BCUT2D eigenvalue weighted by Crippen LogP contribution is -2.04. The van der Waals surface area contributed by atoms with E-state index < -0.39 is 0 Å². The second kappa shape index (κ2) is 7.57. The summed E-state index contributed by atoms with van der Waals surface area (Å²) in [5.74, 6) is -0.134. The van der Waals surface area contributed by atoms with Gasteiger partial charge in [-0.3, -0.25) is 10.2 Å². The van der Waals surface area contributed by atoms with E-state index in [0.717, 1.165) is 16.1 Å². The summed E-state index contributed by atoms with van der Waals surface area (Å²) in [7, 11) is 0. The maximum Gasteiger partial charge on any atom is 0.221 e. The number of carbonyl (C=O) groups excluding carboxylic acids is 1. The second-order valence-electron chi connectivity index (χ2n) is 4.78. The van der Waals surface area contributed by atoms with Crippen molar-refractivity contribution in [2.75, 3.05) is 10.7 Å². The Morgan fingerprint density at radius 3 is 2.92 bits per heavy atom. The van der Waals surface area contributed by atoms with E-state index in [1.807, 2.05) is 35.7 Å². The Morgan fingerprint density at radius 1 is 1.33 bits per heavy atom. The Kier molecular flexibility index (Phi) is 5.24. The Hall–Kier alpha value is -2.22. The first-order valence-corrected chi connectivity index (χ1v) is 9.06. The molecule has 2 aromatic heterocycles. The quantitative estimate of drug-likeness (QED) is 0.490. The standard InChI is InChI=1S/C16H13ClN4OS2/c1-10(22)19-15-14(13-6-3-7-23-13)20-16(24-15)21-18-9-11-4-2-5-12(17)8-11/h2-9H,1H3,(H,19,22)(H,20,21). The number of thiazole rings is 1. The first-order chi connectivity index (χ1) is 11.6. The van der Waals surface area contributed by atoms with Crippen LogP contribution < -0.4 is 10.7 Å². The highest BCUT2D eigenvalue weighted by Gasteiger charge is 2.14. The van der Waals surface area contributed by atoms with Gasteiger partial charge in [-0.25, -0.2) is 4.98 Å². The topological polar surface area (TPSA) is 66.4 Å². The van der Waals surface area contributed by atoms with Gasteiger partial charge in [-0.05, 0) is 29.1 Å². The average molecular weight is 377 g/mol. The van der Waals surface area contributed by atoms with Crippen LogP contribution in [-0.4, -0.2) is 17.1 Å². The maximum atomic E-state index is 11.4. The van der Waals surface area contributed by atoms with Crippen molar-refractivity contribution in [1.82, 2.24) is 4.98 Å². The zero-order valence-electron chi connectivity index (χ0n) is 12.6. The number of carbonyl (C=O) groups is 1. The molecular formula is C16H13ClN4OS2. The summed E-state index contributed by atoms with van der Waals surface area (Å²) in [4.78, 5) is 16.9. The van der Waals surface area contributed by atoms with Crippen molar-refractivity contribution in [3.8, 4) is 10.6 Å². The molecule has 0 radical (unpaired) electrons. The lowest BCUT2D eigenvalue weighted by molar-refractivity contribution is -0.114. The SMILES string of the molecule is CC(=O)Nc1sc(NN=Cc2cccc(Cl)c2)nc1-c1cccs1. The van der Waals surface area contributed by atoms with Crippen LogP contribution in [0, 0.1) is 0 Å². The molecule has 2 heterocycles. The molecule has 0 fully saturated rings. The van der Waals surface area contributed by atoms with E-state index in [1.165, 1.54) is 18.3 Å². The van der Waals surface area contributed by atoms with Gasteiger partial charge in [-0.1, -0.05) is 41.1 Å². The number of thiophene rings is 1. The summed E-state index contributed by atoms with van der Waals surface area (Å²) in [6.07, 6.45) is 1.66. The van der Waals surface area contributed by atoms with Crippen LogP contribution in [0.15, 0.2) is 46.9 Å². The zero-order valence-corrected chi connectivity index (χ0v) is 15.0. The van der Waals surface area contributed by atoms with Gasteiger partial charge >= 0.3 is 0 Å². The van der Waals surface area contributed by atoms with Crippen LogP contribution in [0.3, 0.4) is 0 Å². The number of nitrogens with one attached hydrogen (secondary N) is 2. The molecule has 0 aliphatic heterocycles. The highest BCUT2D eigenvalue weighted by atomic mass is 35.5. The van der Waals surface area contributed by atoms with Crippen molar-refractivity contribution >= 4 is 56.5 Å². The van der Waals surface area contributed by atoms with Crippen LogP contribution in [0.5, 0.6) is 0 Å². The van der Waals surface area contributed by atoms with E-state index in [4.69, 9.17) is 11.6 Å². The van der Waals surface area contributed by atoms with E-state index >= 15 is 0 Å². The third kappa shape index (κ3) is 4.19. The van der Waals surface area contributed by atoms with Gasteiger partial charge in [0.1, 0.15) is 10.7 Å². The molecule has 24 heavy (non-hydrogen) atoms. The Labute approximate surface area is 152 Å². The summed E-state index contributed by atoms with van der Waals surface area (Å²) in [5.41, 5.74) is 4.52. The number of nitrogens with zero attached hydrogens (tertiary/aromatic N) is 2. The summed E-state index contributed by atoms with van der Waals surface area (Å²) in [5, 5.41) is 10.9. The number of hydrogen-bond acceptors (Lipinski definition) is 6. The van der Waals surface area contributed by atoms with Crippen LogP contribution >= 0.6 is 34.3 Å². The van der Waals surface area contributed by atoms with Crippen molar-refractivity contribution in [3.63, 3.8) is 0 Å². The van der Waals surface area contributed by atoms with E-state index in [2.05, 4.69) is 20.8 Å². The number of amides is 1. The molecule has 5 nitrogen and oxygen atoms in total. The smallest absolute Gasteiger partial charge is 0.221 e. The Bertz CT molecular complexity index is 874. The minimum atomic E-state index is -0.134. The van der Waals surface area contributed by atoms with Crippen molar-refractivity contribution in [2.45, 2.75) is 6.92 Å². The van der Waals surface area contributed by atoms with Gasteiger partial charge in [-0.15, -0.1) is 11.3 Å². The normalized spacial score (nSPS) is 10.9. The van der Waals surface area contributed by atoms with Crippen molar-refractivity contribution in [1.29, 1.82) is 0 Å². The summed E-state index contributed by atoms with van der Waals surface area (Å²) in [6, 6.07) is 11.3. The lowest BCUT2D eigenvalue weighted by Gasteiger charge is -1.99. The Balaban J connectivity index is 1.80. The van der Waals surface area contributed by atoms with Crippen LogP contribution in [0.2, 0.25) is 5.02 Å². The second-order valence-corrected chi connectivity index (χ2v) is 7.16. The van der Waals surface area contributed by atoms with Gasteiger partial charge < -0.3 is 5.32 Å². The number of benzene rings is 1. The molecule has 0 atom stereocenters. The zero-order chi connectivity index (χ0) is 16.9. The third-order valence-electron chi connectivity index (χ3n) is 2.89. The molecule has 0 aliphatic carbocycles. The molecule has 122 valence electrons. The van der Waals surface area contributed by atoms with Crippen LogP contribution in [0.1, 0.15) is 12.5 Å². The van der Waals surface area contributed by atoms with Gasteiger partial charge in [0.05, 0.1) is 11.1 Å². The molecule has 3 rings (SSSR count). The van der Waals surface area contributed by atoms with Crippen LogP contribution in [0.25, 0.3) is 10.6 Å². The molecule has 0 saturated heterocycles. The fourth-order valence-electron chi connectivity index (χ4n) is 1.94. The largest absolute Gasteiger partial charge is 0.316 e. The van der Waals surface area contributed by atoms with Crippen molar-refractivity contribution in [2.24, 2.45) is 5.10 Å². The molecule has 0 aliphatic rings. The third-order valence-corrected chi connectivity index (χ3v) is 4.88. The minimum Gasteiger partial charge on any atom is -0.316 e. The molecule has 0 saturated carbocycles. The maximum absolute atomic E-state index is 11.4. The first kappa shape index (κ1) is 16.6. The molecule has 0 bridgehead atoms. The summed E-state index contributed by atoms with van der Waals surface area (Å²) in [6.45, 7) is 1.47. The number of hydrogen-bond donors (Lipinski definition) is 2. The molecule has 0 spiro atoms. The first-order valence-electron chi connectivity index (χ1n) is 6.99. The summed E-state index contributed by atoms with van der Waals surface area (Å²) < 4.78 is 0. The fourth-order valence-corrected chi connectivity index (χ4v) is 3.80. The number of aromatic nitrogens is 1. The molecule has 2 N–H and O–H groups in total. The van der Waals surface area contributed by atoms with Gasteiger partial charge in [0.2, 0.25) is 11.0 Å². The molecule has 1 aromatic carbocycles. The summed E-state index contributed by atoms with van der Waals surface area (Å²) >= 11 is 8.84. The number of rotatable bonds is 5. The molecule has 1 amide bonds. The molecule has 3 aromatic rings. The Morgan fingerprint density at radius 2 is 2.21 bits per heavy atom. The highest BCUT2D eigenvalue weighted by Crippen LogP contribution is 2.37. The average Bonchev–Trinajstić information content (AvgIpc) is 3.16. The van der Waals surface area contributed by atoms with Gasteiger partial charge in [0, 0.05) is 11.9 Å². The van der Waals surface area contributed by atoms with E-state index in [9.17, 15) is 4.79 Å². The lowest BCUT2D eigenvalue weighted by atomic mass is 10.2. The predicted octanol–water partition coefficient (Wildman–Crippen LogP) is 4.93. The number of hydrazone groups is 1. The van der Waals surface area contributed by atoms with E-state index in [1.54, 1.807) is 23.6 Å². The van der Waals surface area contributed by atoms with Gasteiger partial charge in [0.15, 0.2) is 0 Å². The van der Waals surface area contributed by atoms with Gasteiger partial charge in [-0.2, -0.15) is 5.10 Å². The van der Waals surface area contributed by atoms with Crippen molar-refractivity contribution < 1.29 is 4.79 Å². The van der Waals surface area contributed by atoms with Crippen molar-refractivity contribution in [3.05, 3.63) is 52.4 Å². The van der Waals surface area contributed by atoms with E-state index in [-0.39, 0.29) is 5.91 Å². The fraction of sp³-hybridized carbons (Fsp3) is 0.0625. The molecule has 8 heteroatoms. The molecular weight excluding hydrogens is 364 g/mol. The van der Waals surface area contributed by atoms with E-state index in [0.29, 0.717) is 15.2 Å². The van der Waals surface area contributed by atoms with Crippen LogP contribution in [-0.2, 0) is 4.79 Å². The minimum absolute atomic E-state index is 0.134. The highest BCUT2D eigenvalue weighted by molar-refractivity contribution is 7.21. The number of anilines is 2.